The molecule has 2 aromatic heterocycles. The number of imidazole rings is 2. The predicted octanol–water partition coefficient (Wildman–Crippen LogP) is 2.99. The van der Waals surface area contributed by atoms with Crippen molar-refractivity contribution < 1.29 is 0 Å². The minimum absolute atomic E-state index is 0.756. The Morgan fingerprint density at radius 2 is 2.10 bits per heavy atom. The Morgan fingerprint density at radius 3 is 2.85 bits per heavy atom. The minimum atomic E-state index is 0.756. The van der Waals surface area contributed by atoms with Crippen LogP contribution in [-0.2, 0) is 13.0 Å². The summed E-state index contributed by atoms with van der Waals surface area (Å²) >= 11 is 0. The largest absolute Gasteiger partial charge is 0.329 e. The first-order valence-electron chi connectivity index (χ1n) is 6.86. The standard InChI is InChI=1S/C16H18N4/c1-3-14-5-4-6-16(9-14)20-11-15(18-12-20)10-19-8-7-17-13(19)2/h4-9,11-12H,3,10H2,1-2H3. The number of aromatic nitrogens is 4. The number of hydrogen-bond acceptors (Lipinski definition) is 2. The Hall–Kier alpha value is -2.36. The van der Waals surface area contributed by atoms with E-state index in [1.165, 1.54) is 5.56 Å². The molecule has 0 unspecified atom stereocenters. The second kappa shape index (κ2) is 5.33. The highest BCUT2D eigenvalue weighted by atomic mass is 15.1. The van der Waals surface area contributed by atoms with E-state index in [4.69, 9.17) is 0 Å². The van der Waals surface area contributed by atoms with E-state index in [1.807, 2.05) is 25.6 Å². The van der Waals surface area contributed by atoms with Gasteiger partial charge in [-0.1, -0.05) is 19.1 Å². The Labute approximate surface area is 118 Å². The van der Waals surface area contributed by atoms with E-state index in [0.29, 0.717) is 0 Å². The van der Waals surface area contributed by atoms with Gasteiger partial charge in [0.1, 0.15) is 5.82 Å². The van der Waals surface area contributed by atoms with E-state index in [2.05, 4.69) is 56.5 Å². The van der Waals surface area contributed by atoms with Crippen LogP contribution < -0.4 is 0 Å². The number of rotatable bonds is 4. The zero-order valence-electron chi connectivity index (χ0n) is 11.8. The molecule has 4 heteroatoms. The van der Waals surface area contributed by atoms with Crippen molar-refractivity contribution in [3.63, 3.8) is 0 Å². The van der Waals surface area contributed by atoms with E-state index in [1.54, 1.807) is 0 Å². The molecule has 4 nitrogen and oxygen atoms in total. The van der Waals surface area contributed by atoms with E-state index in [9.17, 15) is 0 Å². The first kappa shape index (κ1) is 12.7. The van der Waals surface area contributed by atoms with Gasteiger partial charge in [0.05, 0.1) is 18.6 Å². The fraction of sp³-hybridized carbons (Fsp3) is 0.250. The predicted molar refractivity (Wildman–Crippen MR) is 79.0 cm³/mol. The summed E-state index contributed by atoms with van der Waals surface area (Å²) in [6.45, 7) is 4.92. The molecule has 0 aliphatic heterocycles. The van der Waals surface area contributed by atoms with Crippen molar-refractivity contribution >= 4 is 0 Å². The van der Waals surface area contributed by atoms with Gasteiger partial charge in [-0.05, 0) is 31.0 Å². The van der Waals surface area contributed by atoms with Gasteiger partial charge in [0.2, 0.25) is 0 Å². The first-order chi connectivity index (χ1) is 9.76. The van der Waals surface area contributed by atoms with Crippen LogP contribution in [0, 0.1) is 6.92 Å². The molecule has 0 radical (unpaired) electrons. The smallest absolute Gasteiger partial charge is 0.105 e. The van der Waals surface area contributed by atoms with Crippen molar-refractivity contribution in [2.24, 2.45) is 0 Å². The summed E-state index contributed by atoms with van der Waals surface area (Å²) in [6, 6.07) is 8.55. The lowest BCUT2D eigenvalue weighted by Crippen LogP contribution is -2.00. The molecule has 0 saturated heterocycles. The van der Waals surface area contributed by atoms with Crippen molar-refractivity contribution in [1.82, 2.24) is 19.1 Å². The molecule has 0 spiro atoms. The number of hydrogen-bond donors (Lipinski definition) is 0. The van der Waals surface area contributed by atoms with E-state index >= 15 is 0 Å². The summed E-state index contributed by atoms with van der Waals surface area (Å²) in [7, 11) is 0. The summed E-state index contributed by atoms with van der Waals surface area (Å²) in [6.07, 6.45) is 8.79. The van der Waals surface area contributed by atoms with Gasteiger partial charge in [-0.15, -0.1) is 0 Å². The van der Waals surface area contributed by atoms with Crippen molar-refractivity contribution in [3.8, 4) is 5.69 Å². The van der Waals surface area contributed by atoms with Gasteiger partial charge in [-0.25, -0.2) is 9.97 Å². The Bertz CT molecular complexity index is 709. The number of nitrogens with zero attached hydrogens (tertiary/aromatic N) is 4. The Balaban J connectivity index is 1.84. The molecule has 0 aliphatic carbocycles. The topological polar surface area (TPSA) is 35.6 Å². The summed E-state index contributed by atoms with van der Waals surface area (Å²) in [5.41, 5.74) is 3.53. The lowest BCUT2D eigenvalue weighted by atomic mass is 10.1. The van der Waals surface area contributed by atoms with Crippen LogP contribution in [0.2, 0.25) is 0 Å². The molecule has 0 saturated carbocycles. The average molecular weight is 266 g/mol. The normalized spacial score (nSPS) is 10.9. The second-order valence-electron chi connectivity index (χ2n) is 4.90. The molecule has 0 aliphatic rings. The van der Waals surface area contributed by atoms with Crippen molar-refractivity contribution in [1.29, 1.82) is 0 Å². The molecule has 0 fully saturated rings. The highest BCUT2D eigenvalue weighted by Gasteiger charge is 2.04. The fourth-order valence-corrected chi connectivity index (χ4v) is 2.27. The minimum Gasteiger partial charge on any atom is -0.329 e. The summed E-state index contributed by atoms with van der Waals surface area (Å²) in [4.78, 5) is 8.71. The quantitative estimate of drug-likeness (QED) is 0.727. The monoisotopic (exact) mass is 266 g/mol. The molecule has 3 rings (SSSR count). The zero-order chi connectivity index (χ0) is 13.9. The third-order valence-electron chi connectivity index (χ3n) is 3.51. The highest BCUT2D eigenvalue weighted by molar-refractivity contribution is 5.36. The summed E-state index contributed by atoms with van der Waals surface area (Å²) in [5.74, 6) is 1.01. The lowest BCUT2D eigenvalue weighted by molar-refractivity contribution is 0.746. The summed E-state index contributed by atoms with van der Waals surface area (Å²) < 4.78 is 4.16. The van der Waals surface area contributed by atoms with E-state index < -0.39 is 0 Å². The van der Waals surface area contributed by atoms with Crippen LogP contribution in [0.3, 0.4) is 0 Å². The molecule has 1 aromatic carbocycles. The second-order valence-corrected chi connectivity index (χ2v) is 4.90. The zero-order valence-corrected chi connectivity index (χ0v) is 11.8. The van der Waals surface area contributed by atoms with Gasteiger partial charge < -0.3 is 9.13 Å². The van der Waals surface area contributed by atoms with Gasteiger partial charge in [0.15, 0.2) is 0 Å². The van der Waals surface area contributed by atoms with Crippen LogP contribution in [0.5, 0.6) is 0 Å². The maximum Gasteiger partial charge on any atom is 0.105 e. The molecule has 0 N–H and O–H groups in total. The Morgan fingerprint density at radius 1 is 1.20 bits per heavy atom. The van der Waals surface area contributed by atoms with Crippen LogP contribution in [0.4, 0.5) is 0 Å². The highest BCUT2D eigenvalue weighted by Crippen LogP contribution is 2.12. The van der Waals surface area contributed by atoms with Crippen LogP contribution >= 0.6 is 0 Å². The molecule has 0 bridgehead atoms. The van der Waals surface area contributed by atoms with Crippen molar-refractivity contribution in [2.45, 2.75) is 26.8 Å². The molecule has 2 heterocycles. The maximum atomic E-state index is 4.48. The van der Waals surface area contributed by atoms with Crippen LogP contribution in [0.1, 0.15) is 24.0 Å². The van der Waals surface area contributed by atoms with E-state index in [-0.39, 0.29) is 0 Å². The molecular formula is C16H18N4. The third-order valence-corrected chi connectivity index (χ3v) is 3.51. The number of benzene rings is 1. The van der Waals surface area contributed by atoms with E-state index in [0.717, 1.165) is 30.2 Å². The molecular weight excluding hydrogens is 248 g/mol. The first-order valence-corrected chi connectivity index (χ1v) is 6.86. The lowest BCUT2D eigenvalue weighted by Gasteiger charge is -2.04. The summed E-state index contributed by atoms with van der Waals surface area (Å²) in [5, 5.41) is 0. The van der Waals surface area contributed by atoms with Gasteiger partial charge in [-0.3, -0.25) is 0 Å². The van der Waals surface area contributed by atoms with Gasteiger partial charge in [0.25, 0.3) is 0 Å². The van der Waals surface area contributed by atoms with Crippen LogP contribution in [-0.4, -0.2) is 19.1 Å². The average Bonchev–Trinajstić information content (AvgIpc) is 3.10. The maximum absolute atomic E-state index is 4.48. The molecule has 3 aromatic rings. The molecule has 20 heavy (non-hydrogen) atoms. The fourth-order valence-electron chi connectivity index (χ4n) is 2.27. The molecule has 0 amide bonds. The Kier molecular flexibility index (Phi) is 3.37. The van der Waals surface area contributed by atoms with Crippen molar-refractivity contribution in [3.05, 3.63) is 66.3 Å². The van der Waals surface area contributed by atoms with Gasteiger partial charge in [0, 0.05) is 24.3 Å². The molecule has 0 atom stereocenters. The van der Waals surface area contributed by atoms with Crippen LogP contribution in [0.15, 0.2) is 49.2 Å². The SMILES string of the molecule is CCc1cccc(-n2cnc(Cn3ccnc3C)c2)c1. The van der Waals surface area contributed by atoms with Gasteiger partial charge >= 0.3 is 0 Å². The third kappa shape index (κ3) is 2.50. The van der Waals surface area contributed by atoms with Gasteiger partial charge in [-0.2, -0.15) is 0 Å². The molecule has 102 valence electrons. The van der Waals surface area contributed by atoms with Crippen LogP contribution in [0.25, 0.3) is 5.69 Å². The van der Waals surface area contributed by atoms with Crippen molar-refractivity contribution in [2.75, 3.05) is 0 Å². The number of aryl methyl sites for hydroxylation is 2.